The number of pyridine rings is 1. The van der Waals surface area contributed by atoms with Crippen molar-refractivity contribution >= 4 is 48.9 Å². The van der Waals surface area contributed by atoms with Gasteiger partial charge in [0.2, 0.25) is 10.0 Å². The van der Waals surface area contributed by atoms with Crippen molar-refractivity contribution < 1.29 is 8.42 Å². The Balaban J connectivity index is 2.45. The summed E-state index contributed by atoms with van der Waals surface area (Å²) < 4.78 is 27.7. The molecule has 114 valence electrons. The Bertz CT molecular complexity index is 718. The van der Waals surface area contributed by atoms with E-state index < -0.39 is 10.0 Å². The van der Waals surface area contributed by atoms with Gasteiger partial charge in [0, 0.05) is 28.1 Å². The Morgan fingerprint density at radius 1 is 1.48 bits per heavy atom. The smallest absolute Gasteiger partial charge is 0.242 e. The molecule has 0 amide bonds. The van der Waals surface area contributed by atoms with E-state index in [2.05, 4.69) is 20.9 Å². The molecule has 2 heterocycles. The zero-order valence-corrected chi connectivity index (χ0v) is 15.4. The van der Waals surface area contributed by atoms with E-state index in [1.54, 1.807) is 0 Å². The van der Waals surface area contributed by atoms with Crippen LogP contribution in [-0.2, 0) is 16.6 Å². The predicted molar refractivity (Wildman–Crippen MR) is 89.1 cm³/mol. The van der Waals surface area contributed by atoms with Gasteiger partial charge >= 0.3 is 0 Å². The van der Waals surface area contributed by atoms with Gasteiger partial charge in [0.15, 0.2) is 0 Å². The van der Waals surface area contributed by atoms with Crippen LogP contribution in [0.5, 0.6) is 0 Å². The molecule has 0 aromatic carbocycles. The minimum atomic E-state index is -3.71. The number of rotatable bonds is 5. The van der Waals surface area contributed by atoms with Crippen molar-refractivity contribution in [2.45, 2.75) is 31.3 Å². The van der Waals surface area contributed by atoms with E-state index >= 15 is 0 Å². The summed E-state index contributed by atoms with van der Waals surface area (Å²) in [4.78, 5) is 4.89. The molecule has 0 aliphatic heterocycles. The zero-order valence-electron chi connectivity index (χ0n) is 11.5. The maximum Gasteiger partial charge on any atom is 0.246 e. The highest BCUT2D eigenvalue weighted by molar-refractivity contribution is 9.10. The number of nitrogens with zero attached hydrogens (tertiary/aromatic N) is 2. The van der Waals surface area contributed by atoms with Crippen molar-refractivity contribution in [1.29, 1.82) is 0 Å². The lowest BCUT2D eigenvalue weighted by atomic mass is 10.4. The average molecular weight is 410 g/mol. The Labute approximate surface area is 141 Å². The summed E-state index contributed by atoms with van der Waals surface area (Å²) in [7, 11) is -3.71. The van der Waals surface area contributed by atoms with Crippen molar-refractivity contribution in [3.63, 3.8) is 0 Å². The molecule has 0 aliphatic rings. The van der Waals surface area contributed by atoms with Crippen LogP contribution in [-0.4, -0.2) is 23.7 Å². The molecule has 0 atom stereocenters. The number of hydrogen-bond acceptors (Lipinski definition) is 4. The molecule has 0 N–H and O–H groups in total. The van der Waals surface area contributed by atoms with Gasteiger partial charge in [0.25, 0.3) is 0 Å². The van der Waals surface area contributed by atoms with E-state index in [0.717, 1.165) is 4.88 Å². The minimum Gasteiger partial charge on any atom is -0.242 e. The van der Waals surface area contributed by atoms with E-state index in [4.69, 9.17) is 11.6 Å². The van der Waals surface area contributed by atoms with E-state index in [-0.39, 0.29) is 16.1 Å². The fourth-order valence-electron chi connectivity index (χ4n) is 1.81. The predicted octanol–water partition coefficient (Wildman–Crippen LogP) is 4.16. The lowest BCUT2D eigenvalue weighted by Crippen LogP contribution is -2.36. The molecule has 0 unspecified atom stereocenters. The second-order valence-corrected chi connectivity index (χ2v) is 8.83. The van der Waals surface area contributed by atoms with Gasteiger partial charge in [0.1, 0.15) is 10.0 Å². The van der Waals surface area contributed by atoms with Gasteiger partial charge in [-0.05, 0) is 47.3 Å². The van der Waals surface area contributed by atoms with Crippen LogP contribution in [0.2, 0.25) is 5.15 Å². The normalized spacial score (nSPS) is 12.3. The van der Waals surface area contributed by atoms with Gasteiger partial charge in [-0.15, -0.1) is 11.3 Å². The summed E-state index contributed by atoms with van der Waals surface area (Å²) in [5, 5.41) is 1.91. The van der Waals surface area contributed by atoms with E-state index in [0.29, 0.717) is 11.0 Å². The Morgan fingerprint density at radius 2 is 2.19 bits per heavy atom. The molecule has 0 saturated heterocycles. The van der Waals surface area contributed by atoms with Gasteiger partial charge in [-0.1, -0.05) is 17.7 Å². The molecular weight excluding hydrogens is 396 g/mol. The third kappa shape index (κ3) is 3.84. The van der Waals surface area contributed by atoms with Crippen molar-refractivity contribution in [1.82, 2.24) is 9.29 Å². The highest BCUT2D eigenvalue weighted by atomic mass is 79.9. The monoisotopic (exact) mass is 408 g/mol. The Morgan fingerprint density at radius 3 is 2.76 bits per heavy atom. The van der Waals surface area contributed by atoms with E-state index in [1.165, 1.54) is 27.9 Å². The Hall–Kier alpha value is -0.470. The largest absolute Gasteiger partial charge is 0.246 e. The second-order valence-electron chi connectivity index (χ2n) is 4.67. The first-order valence-electron chi connectivity index (χ1n) is 6.17. The molecule has 0 radical (unpaired) electrons. The number of thiophene rings is 1. The first-order valence-corrected chi connectivity index (χ1v) is 9.66. The third-order valence-corrected chi connectivity index (χ3v) is 6.57. The van der Waals surface area contributed by atoms with Crippen LogP contribution in [0, 0.1) is 0 Å². The summed E-state index contributed by atoms with van der Waals surface area (Å²) in [5.74, 6) is 0. The first-order chi connectivity index (χ1) is 9.82. The van der Waals surface area contributed by atoms with Crippen LogP contribution in [0.25, 0.3) is 0 Å². The van der Waals surface area contributed by atoms with E-state index in [9.17, 15) is 8.42 Å². The maximum atomic E-state index is 12.9. The number of sulfonamides is 1. The van der Waals surface area contributed by atoms with Gasteiger partial charge in [-0.25, -0.2) is 13.4 Å². The topological polar surface area (TPSA) is 50.3 Å². The molecule has 21 heavy (non-hydrogen) atoms. The summed E-state index contributed by atoms with van der Waals surface area (Å²) in [6.07, 6.45) is 1.47. The highest BCUT2D eigenvalue weighted by Gasteiger charge is 2.30. The molecule has 4 nitrogen and oxygen atoms in total. The summed E-state index contributed by atoms with van der Waals surface area (Å²) >= 11 is 10.7. The quantitative estimate of drug-likeness (QED) is 0.697. The lowest BCUT2D eigenvalue weighted by molar-refractivity contribution is 0.350. The standard InChI is InChI=1S/C13H14BrClN2O2S2/c1-9(2)17(8-11-4-3-5-20-11)21(18,19)12-6-10(14)7-16-13(12)15/h3-7,9H,8H2,1-2H3. The van der Waals surface area contributed by atoms with Gasteiger partial charge in [-0.3, -0.25) is 0 Å². The second kappa shape index (κ2) is 6.75. The van der Waals surface area contributed by atoms with Gasteiger partial charge in [0.05, 0.1) is 0 Å². The van der Waals surface area contributed by atoms with Crippen molar-refractivity contribution in [2.75, 3.05) is 0 Å². The molecule has 0 spiro atoms. The maximum absolute atomic E-state index is 12.9. The van der Waals surface area contributed by atoms with E-state index in [1.807, 2.05) is 31.4 Å². The molecule has 0 fully saturated rings. The average Bonchev–Trinajstić information content (AvgIpc) is 2.91. The van der Waals surface area contributed by atoms with Crippen LogP contribution in [0.15, 0.2) is 39.1 Å². The summed E-state index contributed by atoms with van der Waals surface area (Å²) in [5.41, 5.74) is 0. The fourth-order valence-corrected chi connectivity index (χ4v) is 5.13. The van der Waals surface area contributed by atoms with Crippen molar-refractivity contribution in [3.05, 3.63) is 44.3 Å². The molecule has 0 saturated carbocycles. The lowest BCUT2D eigenvalue weighted by Gasteiger charge is -2.25. The Kier molecular flexibility index (Phi) is 5.43. The van der Waals surface area contributed by atoms with Gasteiger partial charge < -0.3 is 0 Å². The molecule has 2 rings (SSSR count). The summed E-state index contributed by atoms with van der Waals surface area (Å²) in [6, 6.07) is 5.11. The van der Waals surface area contributed by atoms with Gasteiger partial charge in [-0.2, -0.15) is 4.31 Å². The van der Waals surface area contributed by atoms with Crippen molar-refractivity contribution in [3.8, 4) is 0 Å². The molecular formula is C13H14BrClN2O2S2. The first kappa shape index (κ1) is 16.9. The molecule has 2 aromatic heterocycles. The molecule has 2 aromatic rings. The number of halogens is 2. The molecule has 0 bridgehead atoms. The summed E-state index contributed by atoms with van der Waals surface area (Å²) in [6.45, 7) is 4.00. The minimum absolute atomic E-state index is 0.0174. The number of hydrogen-bond donors (Lipinski definition) is 0. The van der Waals surface area contributed by atoms with Crippen LogP contribution < -0.4 is 0 Å². The third-order valence-electron chi connectivity index (χ3n) is 2.83. The zero-order chi connectivity index (χ0) is 15.6. The van der Waals surface area contributed by atoms with Crippen LogP contribution in [0.1, 0.15) is 18.7 Å². The van der Waals surface area contributed by atoms with Crippen molar-refractivity contribution in [2.24, 2.45) is 0 Å². The fraction of sp³-hybridized carbons (Fsp3) is 0.308. The highest BCUT2D eigenvalue weighted by Crippen LogP contribution is 2.28. The molecule has 0 aliphatic carbocycles. The molecule has 8 heteroatoms. The SMILES string of the molecule is CC(C)N(Cc1cccs1)S(=O)(=O)c1cc(Br)cnc1Cl. The number of aromatic nitrogens is 1. The van der Waals surface area contributed by atoms with Crippen LogP contribution in [0.4, 0.5) is 0 Å². The van der Waals surface area contributed by atoms with Crippen LogP contribution in [0.3, 0.4) is 0 Å². The van der Waals surface area contributed by atoms with Crippen LogP contribution >= 0.6 is 38.9 Å².